The number of hydrogen-bond acceptors (Lipinski definition) is 5. The highest BCUT2D eigenvalue weighted by molar-refractivity contribution is 5.90. The van der Waals surface area contributed by atoms with E-state index in [0.717, 1.165) is 6.07 Å². The molecule has 1 fully saturated rings. The molecule has 0 aliphatic heterocycles. The minimum absolute atomic E-state index is 0.00329. The molecule has 0 bridgehead atoms. The number of ether oxygens (including phenoxy) is 2. The highest BCUT2D eigenvalue weighted by atomic mass is 19.4. The number of benzene rings is 1. The Morgan fingerprint density at radius 1 is 1.38 bits per heavy atom. The summed E-state index contributed by atoms with van der Waals surface area (Å²) in [5.74, 6) is -0.551. The van der Waals surface area contributed by atoms with Crippen molar-refractivity contribution >= 4 is 11.5 Å². The first-order chi connectivity index (χ1) is 9.74. The predicted octanol–water partition coefficient (Wildman–Crippen LogP) is 2.35. The third-order valence-electron chi connectivity index (χ3n) is 3.07. The average molecular weight is 305 g/mol. The SMILES string of the molecule is COC1C(=O)CC1Oc1ccc(C(F)(F)F)cc1[N+](=O)[O-]. The van der Waals surface area contributed by atoms with Crippen LogP contribution in [0.3, 0.4) is 0 Å². The summed E-state index contributed by atoms with van der Waals surface area (Å²) in [6.45, 7) is 0. The largest absolute Gasteiger partial charge is 0.480 e. The van der Waals surface area contributed by atoms with Crippen molar-refractivity contribution in [2.45, 2.75) is 24.8 Å². The number of alkyl halides is 3. The third kappa shape index (κ3) is 2.97. The normalized spacial score (nSPS) is 21.8. The van der Waals surface area contributed by atoms with Gasteiger partial charge in [0.15, 0.2) is 17.6 Å². The number of nitro groups is 1. The summed E-state index contributed by atoms with van der Waals surface area (Å²) in [6.07, 6.45) is -6.29. The van der Waals surface area contributed by atoms with Crippen molar-refractivity contribution in [3.05, 3.63) is 33.9 Å². The van der Waals surface area contributed by atoms with E-state index < -0.39 is 34.6 Å². The number of nitrogens with zero attached hydrogens (tertiary/aromatic N) is 1. The Hall–Kier alpha value is -2.16. The molecule has 0 amide bonds. The monoisotopic (exact) mass is 305 g/mol. The third-order valence-corrected chi connectivity index (χ3v) is 3.07. The summed E-state index contributed by atoms with van der Waals surface area (Å²) in [7, 11) is 1.28. The van der Waals surface area contributed by atoms with Crippen molar-refractivity contribution in [1.82, 2.24) is 0 Å². The van der Waals surface area contributed by atoms with Crippen LogP contribution >= 0.6 is 0 Å². The lowest BCUT2D eigenvalue weighted by Crippen LogP contribution is -2.51. The second-order valence-corrected chi connectivity index (χ2v) is 4.42. The first kappa shape index (κ1) is 15.2. The maximum Gasteiger partial charge on any atom is 0.416 e. The standard InChI is InChI=1S/C12H10F3NO5/c1-20-11-8(17)5-10(11)21-9-3-2-6(12(13,14)15)4-7(9)16(18)19/h2-4,10-11H,5H2,1H3. The van der Waals surface area contributed by atoms with Crippen LogP contribution in [0.1, 0.15) is 12.0 Å². The zero-order chi connectivity index (χ0) is 15.8. The van der Waals surface area contributed by atoms with Crippen LogP contribution < -0.4 is 4.74 Å². The Morgan fingerprint density at radius 3 is 2.52 bits per heavy atom. The quantitative estimate of drug-likeness (QED) is 0.630. The highest BCUT2D eigenvalue weighted by Gasteiger charge is 2.43. The molecular formula is C12H10F3NO5. The molecule has 0 spiro atoms. The molecule has 0 radical (unpaired) electrons. The molecular weight excluding hydrogens is 295 g/mol. The second kappa shape index (κ2) is 5.32. The van der Waals surface area contributed by atoms with E-state index in [9.17, 15) is 28.1 Å². The van der Waals surface area contributed by atoms with E-state index in [1.807, 2.05) is 0 Å². The Labute approximate surface area is 116 Å². The number of hydrogen-bond donors (Lipinski definition) is 0. The molecule has 0 aromatic heterocycles. The highest BCUT2D eigenvalue weighted by Crippen LogP contribution is 2.37. The number of carbonyl (C=O) groups excluding carboxylic acids is 1. The molecule has 1 aromatic rings. The minimum atomic E-state index is -4.69. The van der Waals surface area contributed by atoms with Gasteiger partial charge in [0.2, 0.25) is 0 Å². The lowest BCUT2D eigenvalue weighted by atomic mass is 9.90. The molecule has 2 atom stereocenters. The number of nitro benzene ring substituents is 1. The molecule has 1 aromatic carbocycles. The molecule has 2 unspecified atom stereocenters. The van der Waals surface area contributed by atoms with E-state index in [2.05, 4.69) is 0 Å². The van der Waals surface area contributed by atoms with Crippen LogP contribution in [-0.2, 0) is 15.7 Å². The predicted molar refractivity (Wildman–Crippen MR) is 62.9 cm³/mol. The number of Topliss-reactive ketones (excluding diaryl/α,β-unsaturated/α-hetero) is 1. The minimum Gasteiger partial charge on any atom is -0.480 e. The van der Waals surface area contributed by atoms with E-state index in [4.69, 9.17) is 9.47 Å². The lowest BCUT2D eigenvalue weighted by molar-refractivity contribution is -0.386. The van der Waals surface area contributed by atoms with Gasteiger partial charge in [0.05, 0.1) is 10.5 Å². The van der Waals surface area contributed by atoms with E-state index in [0.29, 0.717) is 12.1 Å². The molecule has 0 saturated heterocycles. The van der Waals surface area contributed by atoms with Crippen LogP contribution in [-0.4, -0.2) is 30.0 Å². The summed E-state index contributed by atoms with van der Waals surface area (Å²) in [4.78, 5) is 21.1. The van der Waals surface area contributed by atoms with Gasteiger partial charge < -0.3 is 9.47 Å². The summed E-state index contributed by atoms with van der Waals surface area (Å²) < 4.78 is 47.7. The maximum absolute atomic E-state index is 12.5. The molecule has 1 aliphatic carbocycles. The van der Waals surface area contributed by atoms with E-state index >= 15 is 0 Å². The number of methoxy groups -OCH3 is 1. The summed E-state index contributed by atoms with van der Waals surface area (Å²) >= 11 is 0. The van der Waals surface area contributed by atoms with Gasteiger partial charge in [0.1, 0.15) is 6.10 Å². The van der Waals surface area contributed by atoms with Gasteiger partial charge in [-0.2, -0.15) is 13.2 Å². The summed E-state index contributed by atoms with van der Waals surface area (Å²) in [5.41, 5.74) is -1.95. The van der Waals surface area contributed by atoms with Crippen molar-refractivity contribution in [2.75, 3.05) is 7.11 Å². The molecule has 6 nitrogen and oxygen atoms in total. The number of carbonyl (C=O) groups is 1. The Morgan fingerprint density at radius 2 is 2.05 bits per heavy atom. The molecule has 2 rings (SSSR count). The van der Waals surface area contributed by atoms with Crippen LogP contribution in [0.25, 0.3) is 0 Å². The van der Waals surface area contributed by atoms with Crippen molar-refractivity contribution in [3.63, 3.8) is 0 Å². The fourth-order valence-electron chi connectivity index (χ4n) is 1.95. The van der Waals surface area contributed by atoms with Crippen molar-refractivity contribution in [3.8, 4) is 5.75 Å². The van der Waals surface area contributed by atoms with Gasteiger partial charge in [-0.05, 0) is 12.1 Å². The topological polar surface area (TPSA) is 78.7 Å². The first-order valence-electron chi connectivity index (χ1n) is 5.82. The number of rotatable bonds is 4. The van der Waals surface area contributed by atoms with Crippen molar-refractivity contribution in [2.24, 2.45) is 0 Å². The fraction of sp³-hybridized carbons (Fsp3) is 0.417. The van der Waals surface area contributed by atoms with Gasteiger partial charge in [0.25, 0.3) is 0 Å². The van der Waals surface area contributed by atoms with Gasteiger partial charge >= 0.3 is 11.9 Å². The first-order valence-corrected chi connectivity index (χ1v) is 5.82. The zero-order valence-electron chi connectivity index (χ0n) is 10.7. The summed E-state index contributed by atoms with van der Waals surface area (Å²) in [5, 5.41) is 10.9. The van der Waals surface area contributed by atoms with E-state index in [1.165, 1.54) is 7.11 Å². The molecule has 1 saturated carbocycles. The maximum atomic E-state index is 12.5. The Bertz CT molecular complexity index is 587. The second-order valence-electron chi connectivity index (χ2n) is 4.42. The lowest BCUT2D eigenvalue weighted by Gasteiger charge is -2.33. The Kier molecular flexibility index (Phi) is 3.86. The van der Waals surface area contributed by atoms with Crippen molar-refractivity contribution < 1.29 is 32.4 Å². The smallest absolute Gasteiger partial charge is 0.416 e. The van der Waals surface area contributed by atoms with Gasteiger partial charge in [-0.3, -0.25) is 14.9 Å². The van der Waals surface area contributed by atoms with E-state index in [-0.39, 0.29) is 18.0 Å². The van der Waals surface area contributed by atoms with Gasteiger partial charge in [-0.15, -0.1) is 0 Å². The van der Waals surface area contributed by atoms with Crippen LogP contribution in [0.15, 0.2) is 18.2 Å². The molecule has 0 heterocycles. The average Bonchev–Trinajstić information content (AvgIpc) is 2.37. The van der Waals surface area contributed by atoms with Gasteiger partial charge in [-0.1, -0.05) is 0 Å². The molecule has 21 heavy (non-hydrogen) atoms. The summed E-state index contributed by atoms with van der Waals surface area (Å²) in [6, 6.07) is 1.96. The van der Waals surface area contributed by atoms with Crippen LogP contribution in [0.5, 0.6) is 5.75 Å². The van der Waals surface area contributed by atoms with Crippen molar-refractivity contribution in [1.29, 1.82) is 0 Å². The van der Waals surface area contributed by atoms with Gasteiger partial charge in [-0.25, -0.2) is 0 Å². The number of halogens is 3. The van der Waals surface area contributed by atoms with Crippen LogP contribution in [0.2, 0.25) is 0 Å². The number of ketones is 1. The van der Waals surface area contributed by atoms with Crippen LogP contribution in [0, 0.1) is 10.1 Å². The molecule has 114 valence electrons. The van der Waals surface area contributed by atoms with E-state index in [1.54, 1.807) is 0 Å². The zero-order valence-corrected chi connectivity index (χ0v) is 10.7. The fourth-order valence-corrected chi connectivity index (χ4v) is 1.95. The molecule has 9 heteroatoms. The molecule has 0 N–H and O–H groups in total. The van der Waals surface area contributed by atoms with Gasteiger partial charge in [0, 0.05) is 19.6 Å². The Balaban J connectivity index is 2.28. The molecule has 1 aliphatic rings. The van der Waals surface area contributed by atoms with Crippen LogP contribution in [0.4, 0.5) is 18.9 Å².